The molecule has 0 saturated carbocycles. The van der Waals surface area contributed by atoms with Crippen molar-refractivity contribution in [2.24, 2.45) is 17.8 Å². The highest BCUT2D eigenvalue weighted by atomic mass is 16.2. The van der Waals surface area contributed by atoms with Gasteiger partial charge in [-0.15, -0.1) is 0 Å². The first-order valence-corrected chi connectivity index (χ1v) is 7.16. The molecule has 0 spiro atoms. The van der Waals surface area contributed by atoms with E-state index in [1.54, 1.807) is 0 Å². The second kappa shape index (κ2) is 5.85. The molecule has 2 rings (SSSR count). The third-order valence-electron chi connectivity index (χ3n) is 4.05. The summed E-state index contributed by atoms with van der Waals surface area (Å²) in [6.45, 7) is 8.52. The highest BCUT2D eigenvalue weighted by molar-refractivity contribution is 5.79. The van der Waals surface area contributed by atoms with Gasteiger partial charge in [-0.3, -0.25) is 4.79 Å². The van der Waals surface area contributed by atoms with E-state index in [2.05, 4.69) is 24.1 Å². The molecule has 3 heteroatoms. The van der Waals surface area contributed by atoms with Crippen LogP contribution in [0.3, 0.4) is 0 Å². The molecule has 2 aliphatic rings. The first-order valence-electron chi connectivity index (χ1n) is 7.16. The van der Waals surface area contributed by atoms with Crippen LogP contribution in [-0.4, -0.2) is 37.0 Å². The number of carbonyl (C=O) groups is 1. The molecular formula is C14H26N2O. The van der Waals surface area contributed by atoms with Gasteiger partial charge in [-0.25, -0.2) is 0 Å². The number of hydrogen-bond acceptors (Lipinski definition) is 2. The van der Waals surface area contributed by atoms with Gasteiger partial charge >= 0.3 is 0 Å². The number of likely N-dealkylation sites (tertiary alicyclic amines) is 1. The van der Waals surface area contributed by atoms with Crippen molar-refractivity contribution >= 4 is 5.91 Å². The monoisotopic (exact) mass is 238 g/mol. The molecule has 0 radical (unpaired) electrons. The summed E-state index contributed by atoms with van der Waals surface area (Å²) in [5.41, 5.74) is 0. The van der Waals surface area contributed by atoms with E-state index in [0.717, 1.165) is 50.9 Å². The Balaban J connectivity index is 1.80. The normalized spacial score (nSPS) is 29.9. The highest BCUT2D eigenvalue weighted by Gasteiger charge is 2.31. The maximum absolute atomic E-state index is 12.3. The number of nitrogens with zero attached hydrogens (tertiary/aromatic N) is 1. The molecule has 0 aliphatic carbocycles. The minimum atomic E-state index is 0.251. The van der Waals surface area contributed by atoms with Gasteiger partial charge in [-0.2, -0.15) is 0 Å². The van der Waals surface area contributed by atoms with Crippen LogP contribution in [-0.2, 0) is 4.79 Å². The molecule has 98 valence electrons. The average molecular weight is 238 g/mol. The molecule has 0 aromatic heterocycles. The largest absolute Gasteiger partial charge is 0.342 e. The number of nitrogens with one attached hydrogen (secondary N) is 1. The Bertz CT molecular complexity index is 259. The van der Waals surface area contributed by atoms with Crippen molar-refractivity contribution in [3.05, 3.63) is 0 Å². The molecular weight excluding hydrogens is 212 g/mol. The minimum absolute atomic E-state index is 0.251. The number of rotatable bonds is 3. The zero-order chi connectivity index (χ0) is 12.3. The maximum atomic E-state index is 12.3. The lowest BCUT2D eigenvalue weighted by Crippen LogP contribution is -2.42. The zero-order valence-corrected chi connectivity index (χ0v) is 11.2. The van der Waals surface area contributed by atoms with Gasteiger partial charge in [0.1, 0.15) is 0 Å². The van der Waals surface area contributed by atoms with Crippen molar-refractivity contribution in [2.75, 3.05) is 26.2 Å². The fourth-order valence-corrected chi connectivity index (χ4v) is 3.21. The summed E-state index contributed by atoms with van der Waals surface area (Å²) < 4.78 is 0. The summed E-state index contributed by atoms with van der Waals surface area (Å²) in [6, 6.07) is 0. The Morgan fingerprint density at radius 2 is 2.24 bits per heavy atom. The second-order valence-electron chi connectivity index (χ2n) is 6.11. The predicted molar refractivity (Wildman–Crippen MR) is 69.7 cm³/mol. The van der Waals surface area contributed by atoms with E-state index in [9.17, 15) is 4.79 Å². The van der Waals surface area contributed by atoms with Crippen LogP contribution in [0.2, 0.25) is 0 Å². The van der Waals surface area contributed by atoms with Crippen LogP contribution < -0.4 is 5.32 Å². The fraction of sp³-hybridized carbons (Fsp3) is 0.929. The van der Waals surface area contributed by atoms with Crippen LogP contribution in [0.15, 0.2) is 0 Å². The molecule has 2 heterocycles. The molecule has 2 fully saturated rings. The van der Waals surface area contributed by atoms with Gasteiger partial charge in [-0.1, -0.05) is 13.8 Å². The van der Waals surface area contributed by atoms with Gasteiger partial charge in [0.15, 0.2) is 0 Å². The van der Waals surface area contributed by atoms with E-state index in [0.29, 0.717) is 5.91 Å². The Kier molecular flexibility index (Phi) is 4.43. The van der Waals surface area contributed by atoms with Crippen LogP contribution in [0.5, 0.6) is 0 Å². The number of piperidine rings is 1. The topological polar surface area (TPSA) is 32.3 Å². The van der Waals surface area contributed by atoms with Crippen molar-refractivity contribution in [1.82, 2.24) is 10.2 Å². The second-order valence-corrected chi connectivity index (χ2v) is 6.11. The van der Waals surface area contributed by atoms with E-state index in [1.807, 2.05) is 0 Å². The van der Waals surface area contributed by atoms with Crippen molar-refractivity contribution in [1.29, 1.82) is 0 Å². The number of carbonyl (C=O) groups excluding carboxylic acids is 1. The summed E-state index contributed by atoms with van der Waals surface area (Å²) in [7, 11) is 0. The van der Waals surface area contributed by atoms with Crippen LogP contribution in [0.25, 0.3) is 0 Å². The molecule has 2 aliphatic heterocycles. The lowest BCUT2D eigenvalue weighted by atomic mass is 9.96. The number of hydrogen-bond donors (Lipinski definition) is 1. The predicted octanol–water partition coefficient (Wildman–Crippen LogP) is 1.88. The maximum Gasteiger partial charge on any atom is 0.226 e. The van der Waals surface area contributed by atoms with Gasteiger partial charge in [0, 0.05) is 19.6 Å². The van der Waals surface area contributed by atoms with E-state index in [1.165, 1.54) is 12.8 Å². The Morgan fingerprint density at radius 1 is 1.41 bits per heavy atom. The molecule has 17 heavy (non-hydrogen) atoms. The van der Waals surface area contributed by atoms with Gasteiger partial charge in [0.05, 0.1) is 5.92 Å². The highest BCUT2D eigenvalue weighted by Crippen LogP contribution is 2.25. The SMILES string of the molecule is CC(C)CC1CCN(C(=O)C2CCCNC2)C1. The Hall–Kier alpha value is -0.570. The standard InChI is InChI=1S/C14H26N2O/c1-11(2)8-12-5-7-16(10-12)14(17)13-4-3-6-15-9-13/h11-13,15H,3-10H2,1-2H3. The summed E-state index contributed by atoms with van der Waals surface area (Å²) in [4.78, 5) is 14.4. The molecule has 2 saturated heterocycles. The Morgan fingerprint density at radius 3 is 2.88 bits per heavy atom. The summed E-state index contributed by atoms with van der Waals surface area (Å²) in [6.07, 6.45) is 4.72. The first-order chi connectivity index (χ1) is 8.16. The quantitative estimate of drug-likeness (QED) is 0.814. The van der Waals surface area contributed by atoms with Crippen LogP contribution in [0, 0.1) is 17.8 Å². The first kappa shape index (κ1) is 12.9. The van der Waals surface area contributed by atoms with Crippen LogP contribution in [0.4, 0.5) is 0 Å². The van der Waals surface area contributed by atoms with E-state index < -0.39 is 0 Å². The fourth-order valence-electron chi connectivity index (χ4n) is 3.21. The lowest BCUT2D eigenvalue weighted by Gasteiger charge is -2.27. The third-order valence-corrected chi connectivity index (χ3v) is 4.05. The smallest absolute Gasteiger partial charge is 0.226 e. The van der Waals surface area contributed by atoms with Crippen molar-refractivity contribution in [3.63, 3.8) is 0 Å². The van der Waals surface area contributed by atoms with Gasteiger partial charge in [0.2, 0.25) is 5.91 Å². The molecule has 0 bridgehead atoms. The van der Waals surface area contributed by atoms with Gasteiger partial charge in [0.25, 0.3) is 0 Å². The van der Waals surface area contributed by atoms with E-state index in [-0.39, 0.29) is 5.92 Å². The van der Waals surface area contributed by atoms with Crippen molar-refractivity contribution in [3.8, 4) is 0 Å². The molecule has 3 nitrogen and oxygen atoms in total. The van der Waals surface area contributed by atoms with E-state index >= 15 is 0 Å². The molecule has 1 N–H and O–H groups in total. The number of amides is 1. The lowest BCUT2D eigenvalue weighted by molar-refractivity contribution is -0.135. The minimum Gasteiger partial charge on any atom is -0.342 e. The summed E-state index contributed by atoms with van der Waals surface area (Å²) in [5, 5.41) is 3.34. The van der Waals surface area contributed by atoms with Crippen LogP contribution in [0.1, 0.15) is 39.5 Å². The summed E-state index contributed by atoms with van der Waals surface area (Å²) in [5.74, 6) is 2.16. The van der Waals surface area contributed by atoms with Crippen LogP contribution >= 0.6 is 0 Å². The third kappa shape index (κ3) is 3.44. The molecule has 1 amide bonds. The zero-order valence-electron chi connectivity index (χ0n) is 11.2. The molecule has 0 aromatic carbocycles. The average Bonchev–Trinajstić information content (AvgIpc) is 2.77. The van der Waals surface area contributed by atoms with Crippen molar-refractivity contribution < 1.29 is 4.79 Å². The molecule has 0 aromatic rings. The molecule has 2 unspecified atom stereocenters. The summed E-state index contributed by atoms with van der Waals surface area (Å²) >= 11 is 0. The van der Waals surface area contributed by atoms with Gasteiger partial charge < -0.3 is 10.2 Å². The molecule has 2 atom stereocenters. The van der Waals surface area contributed by atoms with E-state index in [4.69, 9.17) is 0 Å². The van der Waals surface area contributed by atoms with Crippen molar-refractivity contribution in [2.45, 2.75) is 39.5 Å². The Labute approximate surface area is 105 Å². The van der Waals surface area contributed by atoms with Gasteiger partial charge in [-0.05, 0) is 44.1 Å².